The van der Waals surface area contributed by atoms with Gasteiger partial charge in [0.15, 0.2) is 0 Å². The zero-order valence-corrected chi connectivity index (χ0v) is 12.0. The number of nitrogen functional groups attached to an aromatic ring is 1. The van der Waals surface area contributed by atoms with E-state index in [9.17, 15) is 4.79 Å². The van der Waals surface area contributed by atoms with E-state index in [1.165, 1.54) is 0 Å². The van der Waals surface area contributed by atoms with Crippen molar-refractivity contribution in [3.63, 3.8) is 0 Å². The molecule has 0 bridgehead atoms. The summed E-state index contributed by atoms with van der Waals surface area (Å²) in [5, 5.41) is 0.260. The van der Waals surface area contributed by atoms with Gasteiger partial charge in [0, 0.05) is 18.7 Å². The third kappa shape index (κ3) is 3.36. The van der Waals surface area contributed by atoms with Crippen molar-refractivity contribution in [1.82, 2.24) is 9.88 Å². The molecule has 1 aliphatic rings. The molecular formula is C13H19ClN4O. The Labute approximate surface area is 118 Å². The molecule has 1 aromatic rings. The zero-order valence-electron chi connectivity index (χ0n) is 11.2. The van der Waals surface area contributed by atoms with Crippen LogP contribution in [0.4, 0.5) is 5.82 Å². The van der Waals surface area contributed by atoms with Gasteiger partial charge in [0.25, 0.3) is 5.91 Å². The van der Waals surface area contributed by atoms with E-state index in [1.807, 2.05) is 4.90 Å². The van der Waals surface area contributed by atoms with Crippen LogP contribution in [0.1, 0.15) is 37.0 Å². The second-order valence-corrected chi connectivity index (χ2v) is 6.05. The van der Waals surface area contributed by atoms with E-state index in [2.05, 4.69) is 24.3 Å². The Morgan fingerprint density at radius 3 is 2.63 bits per heavy atom. The maximum Gasteiger partial charge on any atom is 0.254 e. The zero-order chi connectivity index (χ0) is 14.0. The number of hydrazine groups is 1. The molecule has 0 atom stereocenters. The Morgan fingerprint density at radius 2 is 2.05 bits per heavy atom. The summed E-state index contributed by atoms with van der Waals surface area (Å²) in [5.74, 6) is 5.68. The number of nitrogens with zero attached hydrogens (tertiary/aromatic N) is 2. The first kappa shape index (κ1) is 14.1. The van der Waals surface area contributed by atoms with Crippen LogP contribution in [0.3, 0.4) is 0 Å². The van der Waals surface area contributed by atoms with E-state index in [4.69, 9.17) is 17.4 Å². The lowest BCUT2D eigenvalue weighted by molar-refractivity contribution is 0.0630. The SMILES string of the molecule is CC1(C)CCN(C(=O)c2cc(Cl)nc(NN)c2)CC1. The fraction of sp³-hybridized carbons (Fsp3) is 0.538. The average molecular weight is 283 g/mol. The summed E-state index contributed by atoms with van der Waals surface area (Å²) in [5.41, 5.74) is 3.25. The largest absolute Gasteiger partial charge is 0.339 e. The number of carbonyl (C=O) groups is 1. The number of hydrogen-bond donors (Lipinski definition) is 2. The molecule has 2 heterocycles. The minimum atomic E-state index is -0.0173. The highest BCUT2D eigenvalue weighted by Gasteiger charge is 2.28. The molecule has 1 amide bonds. The van der Waals surface area contributed by atoms with Gasteiger partial charge < -0.3 is 10.3 Å². The summed E-state index contributed by atoms with van der Waals surface area (Å²) < 4.78 is 0. The van der Waals surface area contributed by atoms with Crippen LogP contribution in [-0.2, 0) is 0 Å². The molecule has 1 aromatic heterocycles. The van der Waals surface area contributed by atoms with Crippen molar-refractivity contribution in [2.75, 3.05) is 18.5 Å². The molecule has 3 N–H and O–H groups in total. The summed E-state index contributed by atoms with van der Waals surface area (Å²) in [7, 11) is 0. The standard InChI is InChI=1S/C13H19ClN4O/c1-13(2)3-5-18(6-4-13)12(19)9-7-10(14)16-11(8-9)17-15/h7-8H,3-6,15H2,1-2H3,(H,16,17). The van der Waals surface area contributed by atoms with Crippen LogP contribution in [-0.4, -0.2) is 28.9 Å². The lowest BCUT2D eigenvalue weighted by Crippen LogP contribution is -2.41. The Hall–Kier alpha value is -1.33. The Kier molecular flexibility index (Phi) is 3.96. The quantitative estimate of drug-likeness (QED) is 0.496. The molecule has 6 heteroatoms. The van der Waals surface area contributed by atoms with Crippen LogP contribution in [0.2, 0.25) is 5.15 Å². The molecule has 0 saturated carbocycles. The fourth-order valence-corrected chi connectivity index (χ4v) is 2.40. The third-order valence-corrected chi connectivity index (χ3v) is 3.79. The van der Waals surface area contributed by atoms with Crippen molar-refractivity contribution < 1.29 is 4.79 Å². The molecule has 0 aromatic carbocycles. The maximum atomic E-state index is 12.4. The summed E-state index contributed by atoms with van der Waals surface area (Å²) in [4.78, 5) is 18.2. The summed E-state index contributed by atoms with van der Waals surface area (Å²) in [6.07, 6.45) is 2.03. The first-order chi connectivity index (χ1) is 8.91. The number of aromatic nitrogens is 1. The highest BCUT2D eigenvalue weighted by Crippen LogP contribution is 2.30. The average Bonchev–Trinajstić information content (AvgIpc) is 2.37. The third-order valence-electron chi connectivity index (χ3n) is 3.59. The molecule has 5 nitrogen and oxygen atoms in total. The molecule has 0 radical (unpaired) electrons. The summed E-state index contributed by atoms with van der Waals surface area (Å²) in [6, 6.07) is 3.19. The molecule has 1 aliphatic heterocycles. The van der Waals surface area contributed by atoms with E-state index < -0.39 is 0 Å². The molecule has 1 fully saturated rings. The van der Waals surface area contributed by atoms with Gasteiger partial charge in [-0.25, -0.2) is 10.8 Å². The number of nitrogens with one attached hydrogen (secondary N) is 1. The normalized spacial score (nSPS) is 18.2. The van der Waals surface area contributed by atoms with Gasteiger partial charge in [-0.3, -0.25) is 4.79 Å². The first-order valence-corrected chi connectivity index (χ1v) is 6.72. The predicted octanol–water partition coefficient (Wildman–Crippen LogP) is 2.28. The smallest absolute Gasteiger partial charge is 0.254 e. The Morgan fingerprint density at radius 1 is 1.42 bits per heavy atom. The van der Waals surface area contributed by atoms with Gasteiger partial charge in [0.2, 0.25) is 0 Å². The van der Waals surface area contributed by atoms with Crippen molar-refractivity contribution in [3.05, 3.63) is 22.8 Å². The first-order valence-electron chi connectivity index (χ1n) is 6.35. The molecule has 19 heavy (non-hydrogen) atoms. The van der Waals surface area contributed by atoms with Gasteiger partial charge in [-0.15, -0.1) is 0 Å². The minimum Gasteiger partial charge on any atom is -0.339 e. The number of piperidine rings is 1. The Balaban J connectivity index is 2.14. The summed E-state index contributed by atoms with van der Waals surface area (Å²) in [6.45, 7) is 6.01. The number of hydrogen-bond acceptors (Lipinski definition) is 4. The van der Waals surface area contributed by atoms with Gasteiger partial charge in [-0.2, -0.15) is 0 Å². The lowest BCUT2D eigenvalue weighted by Gasteiger charge is -2.37. The number of pyridine rings is 1. The number of amides is 1. The van der Waals surface area contributed by atoms with Crippen LogP contribution >= 0.6 is 11.6 Å². The van der Waals surface area contributed by atoms with Gasteiger partial charge >= 0.3 is 0 Å². The van der Waals surface area contributed by atoms with Crippen LogP contribution in [0.15, 0.2) is 12.1 Å². The maximum absolute atomic E-state index is 12.4. The van der Waals surface area contributed by atoms with Crippen molar-refractivity contribution >= 4 is 23.3 Å². The molecule has 2 rings (SSSR count). The number of likely N-dealkylation sites (tertiary alicyclic amines) is 1. The van der Waals surface area contributed by atoms with Crippen LogP contribution < -0.4 is 11.3 Å². The molecular weight excluding hydrogens is 264 g/mol. The van der Waals surface area contributed by atoms with Gasteiger partial charge in [-0.05, 0) is 30.4 Å². The van der Waals surface area contributed by atoms with E-state index in [0.717, 1.165) is 25.9 Å². The summed E-state index contributed by atoms with van der Waals surface area (Å²) >= 11 is 5.88. The second kappa shape index (κ2) is 5.35. The van der Waals surface area contributed by atoms with Gasteiger partial charge in [-0.1, -0.05) is 25.4 Å². The predicted molar refractivity (Wildman–Crippen MR) is 76.0 cm³/mol. The minimum absolute atomic E-state index is 0.0173. The van der Waals surface area contributed by atoms with Crippen molar-refractivity contribution in [2.24, 2.45) is 11.3 Å². The molecule has 0 spiro atoms. The number of halogens is 1. The second-order valence-electron chi connectivity index (χ2n) is 5.66. The van der Waals surface area contributed by atoms with E-state index in [0.29, 0.717) is 16.8 Å². The van der Waals surface area contributed by atoms with Gasteiger partial charge in [0.1, 0.15) is 11.0 Å². The fourth-order valence-electron chi connectivity index (χ4n) is 2.19. The van der Waals surface area contributed by atoms with Crippen LogP contribution in [0.25, 0.3) is 0 Å². The number of nitrogens with two attached hydrogens (primary N) is 1. The van der Waals surface area contributed by atoms with E-state index >= 15 is 0 Å². The number of rotatable bonds is 2. The monoisotopic (exact) mass is 282 g/mol. The van der Waals surface area contributed by atoms with Crippen molar-refractivity contribution in [3.8, 4) is 0 Å². The van der Waals surface area contributed by atoms with E-state index in [1.54, 1.807) is 12.1 Å². The van der Waals surface area contributed by atoms with Crippen molar-refractivity contribution in [2.45, 2.75) is 26.7 Å². The number of anilines is 1. The van der Waals surface area contributed by atoms with Crippen molar-refractivity contribution in [1.29, 1.82) is 0 Å². The lowest BCUT2D eigenvalue weighted by atomic mass is 9.82. The topological polar surface area (TPSA) is 71.2 Å². The molecule has 1 saturated heterocycles. The van der Waals surface area contributed by atoms with Gasteiger partial charge in [0.05, 0.1) is 0 Å². The highest BCUT2D eigenvalue weighted by molar-refractivity contribution is 6.29. The Bertz CT molecular complexity index is 480. The van der Waals surface area contributed by atoms with Crippen LogP contribution in [0.5, 0.6) is 0 Å². The van der Waals surface area contributed by atoms with E-state index in [-0.39, 0.29) is 11.1 Å². The van der Waals surface area contributed by atoms with Crippen LogP contribution in [0, 0.1) is 5.41 Å². The number of carbonyl (C=O) groups excluding carboxylic acids is 1. The highest BCUT2D eigenvalue weighted by atomic mass is 35.5. The molecule has 0 unspecified atom stereocenters. The molecule has 104 valence electrons. The molecule has 0 aliphatic carbocycles.